The summed E-state index contributed by atoms with van der Waals surface area (Å²) in [5.74, 6) is -1.12. The quantitative estimate of drug-likeness (QED) is 0.932. The number of hydrogen-bond donors (Lipinski definition) is 1. The molecule has 0 aromatic heterocycles. The lowest BCUT2D eigenvalue weighted by Gasteiger charge is -2.33. The summed E-state index contributed by atoms with van der Waals surface area (Å²) in [6, 6.07) is 4.30. The fourth-order valence-corrected chi connectivity index (χ4v) is 2.73. The summed E-state index contributed by atoms with van der Waals surface area (Å²) in [6.07, 6.45) is 2.34. The number of hydrogen-bond acceptors (Lipinski definition) is 2. The molecule has 1 atom stereocenters. The summed E-state index contributed by atoms with van der Waals surface area (Å²) in [6.45, 7) is 0.497. The predicted octanol–water partition coefficient (Wildman–Crippen LogP) is 3.00. The van der Waals surface area contributed by atoms with Crippen LogP contribution in [-0.4, -0.2) is 34.5 Å². The van der Waals surface area contributed by atoms with Crippen LogP contribution in [0.3, 0.4) is 0 Å². The number of likely N-dealkylation sites (tertiary alicyclic amines) is 1. The van der Waals surface area contributed by atoms with Gasteiger partial charge in [-0.05, 0) is 37.0 Å². The second-order valence-corrected chi connectivity index (χ2v) is 5.68. The van der Waals surface area contributed by atoms with Gasteiger partial charge in [-0.15, -0.1) is 0 Å². The molecule has 0 saturated carbocycles. The highest BCUT2D eigenvalue weighted by Crippen LogP contribution is 2.24. The van der Waals surface area contributed by atoms with Crippen molar-refractivity contribution < 1.29 is 14.7 Å². The molecule has 1 saturated heterocycles. The molecule has 108 valence electrons. The van der Waals surface area contributed by atoms with Gasteiger partial charge in [0, 0.05) is 6.54 Å². The normalized spacial score (nSPS) is 18.9. The predicted molar refractivity (Wildman–Crippen MR) is 77.2 cm³/mol. The minimum atomic E-state index is -0.938. The van der Waals surface area contributed by atoms with E-state index >= 15 is 0 Å². The second-order valence-electron chi connectivity index (χ2n) is 4.86. The molecular formula is C14H15Cl2NO3. The van der Waals surface area contributed by atoms with Crippen LogP contribution in [0.4, 0.5) is 0 Å². The number of carboxylic acid groups (broad SMARTS) is 1. The number of piperidine rings is 1. The summed E-state index contributed by atoms with van der Waals surface area (Å²) >= 11 is 11.7. The molecule has 1 aliphatic heterocycles. The lowest BCUT2D eigenvalue weighted by atomic mass is 10.0. The molecule has 1 fully saturated rings. The maximum Gasteiger partial charge on any atom is 0.326 e. The van der Waals surface area contributed by atoms with Crippen molar-refractivity contribution >= 4 is 35.1 Å². The molecule has 4 nitrogen and oxygen atoms in total. The molecule has 1 aliphatic rings. The summed E-state index contributed by atoms with van der Waals surface area (Å²) in [5, 5.41) is 10.0. The number of carboxylic acids is 1. The van der Waals surface area contributed by atoms with Crippen LogP contribution in [0, 0.1) is 0 Å². The molecule has 0 unspecified atom stereocenters. The molecule has 0 spiro atoms. The van der Waals surface area contributed by atoms with E-state index < -0.39 is 12.0 Å². The minimum absolute atomic E-state index is 0.140. The number of amides is 1. The molecule has 1 amide bonds. The van der Waals surface area contributed by atoms with Crippen molar-refractivity contribution in [3.8, 4) is 0 Å². The summed E-state index contributed by atoms with van der Waals surface area (Å²) < 4.78 is 0. The van der Waals surface area contributed by atoms with E-state index in [0.717, 1.165) is 18.4 Å². The van der Waals surface area contributed by atoms with E-state index in [1.807, 2.05) is 0 Å². The van der Waals surface area contributed by atoms with Crippen molar-refractivity contribution in [3.63, 3.8) is 0 Å². The SMILES string of the molecule is O=C(O)[C@@H]1CCCCN1C(=O)Cc1ccc(Cl)c(Cl)c1. The van der Waals surface area contributed by atoms with Gasteiger partial charge in [0.05, 0.1) is 16.5 Å². The van der Waals surface area contributed by atoms with Crippen LogP contribution in [-0.2, 0) is 16.0 Å². The maximum absolute atomic E-state index is 12.3. The van der Waals surface area contributed by atoms with Gasteiger partial charge in [-0.1, -0.05) is 29.3 Å². The molecular weight excluding hydrogens is 301 g/mol. The first-order chi connectivity index (χ1) is 9.49. The number of halogens is 2. The van der Waals surface area contributed by atoms with Gasteiger partial charge >= 0.3 is 5.97 Å². The van der Waals surface area contributed by atoms with Crippen LogP contribution < -0.4 is 0 Å². The van der Waals surface area contributed by atoms with Crippen LogP contribution in [0.2, 0.25) is 10.0 Å². The average molecular weight is 316 g/mol. The standard InChI is InChI=1S/C14H15Cl2NO3/c15-10-5-4-9(7-11(10)16)8-13(18)17-6-2-1-3-12(17)14(19)20/h4-5,7,12H,1-3,6,8H2,(H,19,20)/t12-/m0/s1. The molecule has 1 aromatic rings. The Bertz CT molecular complexity index is 533. The van der Waals surface area contributed by atoms with Crippen molar-refractivity contribution in [2.75, 3.05) is 6.54 Å². The van der Waals surface area contributed by atoms with Gasteiger partial charge in [0.1, 0.15) is 6.04 Å². The maximum atomic E-state index is 12.3. The molecule has 20 heavy (non-hydrogen) atoms. The van der Waals surface area contributed by atoms with E-state index in [-0.39, 0.29) is 12.3 Å². The summed E-state index contributed by atoms with van der Waals surface area (Å²) in [7, 11) is 0. The van der Waals surface area contributed by atoms with Gasteiger partial charge in [0.25, 0.3) is 0 Å². The zero-order chi connectivity index (χ0) is 14.7. The first-order valence-electron chi connectivity index (χ1n) is 6.45. The number of nitrogens with zero attached hydrogens (tertiary/aromatic N) is 1. The smallest absolute Gasteiger partial charge is 0.326 e. The number of aliphatic carboxylic acids is 1. The van der Waals surface area contributed by atoms with Crippen molar-refractivity contribution in [2.45, 2.75) is 31.7 Å². The Kier molecular flexibility index (Phi) is 4.89. The van der Waals surface area contributed by atoms with Gasteiger partial charge in [0.2, 0.25) is 5.91 Å². The first-order valence-corrected chi connectivity index (χ1v) is 7.21. The van der Waals surface area contributed by atoms with Gasteiger partial charge in [-0.2, -0.15) is 0 Å². The topological polar surface area (TPSA) is 57.6 Å². The van der Waals surface area contributed by atoms with Gasteiger partial charge < -0.3 is 10.0 Å². The molecule has 0 aliphatic carbocycles. The van der Waals surface area contributed by atoms with E-state index in [1.165, 1.54) is 4.90 Å². The summed E-state index contributed by atoms with van der Waals surface area (Å²) in [5.41, 5.74) is 0.735. The van der Waals surface area contributed by atoms with Gasteiger partial charge in [-0.25, -0.2) is 4.79 Å². The average Bonchev–Trinajstić information content (AvgIpc) is 2.43. The molecule has 0 bridgehead atoms. The lowest BCUT2D eigenvalue weighted by molar-refractivity contribution is -0.151. The Hall–Kier alpha value is -1.26. The Balaban J connectivity index is 2.09. The Morgan fingerprint density at radius 2 is 2.00 bits per heavy atom. The zero-order valence-corrected chi connectivity index (χ0v) is 12.3. The van der Waals surface area contributed by atoms with E-state index in [0.29, 0.717) is 23.0 Å². The molecule has 1 aromatic carbocycles. The Morgan fingerprint density at radius 3 is 2.65 bits per heavy atom. The van der Waals surface area contributed by atoms with E-state index in [2.05, 4.69) is 0 Å². The third kappa shape index (κ3) is 3.44. The monoisotopic (exact) mass is 315 g/mol. The Labute approximate surface area is 127 Å². The van der Waals surface area contributed by atoms with E-state index in [9.17, 15) is 14.7 Å². The van der Waals surface area contributed by atoms with Crippen LogP contribution in [0.15, 0.2) is 18.2 Å². The highest BCUT2D eigenvalue weighted by atomic mass is 35.5. The lowest BCUT2D eigenvalue weighted by Crippen LogP contribution is -2.48. The third-order valence-corrected chi connectivity index (χ3v) is 4.19. The second kappa shape index (κ2) is 6.46. The number of benzene rings is 1. The molecule has 1 N–H and O–H groups in total. The van der Waals surface area contributed by atoms with Crippen molar-refractivity contribution in [2.24, 2.45) is 0 Å². The zero-order valence-electron chi connectivity index (χ0n) is 10.8. The number of rotatable bonds is 3. The fourth-order valence-electron chi connectivity index (χ4n) is 2.41. The fraction of sp³-hybridized carbons (Fsp3) is 0.429. The highest BCUT2D eigenvalue weighted by molar-refractivity contribution is 6.42. The summed E-state index contributed by atoms with van der Waals surface area (Å²) in [4.78, 5) is 24.9. The van der Waals surface area contributed by atoms with Gasteiger partial charge in [0.15, 0.2) is 0 Å². The number of carbonyl (C=O) groups excluding carboxylic acids is 1. The first kappa shape index (κ1) is 15.1. The minimum Gasteiger partial charge on any atom is -0.480 e. The number of carbonyl (C=O) groups is 2. The van der Waals surface area contributed by atoms with E-state index in [1.54, 1.807) is 18.2 Å². The van der Waals surface area contributed by atoms with Crippen LogP contribution >= 0.6 is 23.2 Å². The van der Waals surface area contributed by atoms with Crippen molar-refractivity contribution in [1.29, 1.82) is 0 Å². The van der Waals surface area contributed by atoms with Crippen LogP contribution in [0.1, 0.15) is 24.8 Å². The van der Waals surface area contributed by atoms with Crippen LogP contribution in [0.5, 0.6) is 0 Å². The Morgan fingerprint density at radius 1 is 1.25 bits per heavy atom. The van der Waals surface area contributed by atoms with Crippen molar-refractivity contribution in [1.82, 2.24) is 4.90 Å². The molecule has 1 heterocycles. The molecule has 6 heteroatoms. The molecule has 0 radical (unpaired) electrons. The highest BCUT2D eigenvalue weighted by Gasteiger charge is 2.31. The van der Waals surface area contributed by atoms with Crippen LogP contribution in [0.25, 0.3) is 0 Å². The van der Waals surface area contributed by atoms with Crippen molar-refractivity contribution in [3.05, 3.63) is 33.8 Å². The van der Waals surface area contributed by atoms with E-state index in [4.69, 9.17) is 23.2 Å². The third-order valence-electron chi connectivity index (χ3n) is 3.45. The van der Waals surface area contributed by atoms with Gasteiger partial charge in [-0.3, -0.25) is 4.79 Å². The molecule has 2 rings (SSSR count). The largest absolute Gasteiger partial charge is 0.480 e.